The van der Waals surface area contributed by atoms with Crippen LogP contribution in [0.5, 0.6) is 0 Å². The first-order chi connectivity index (χ1) is 13.3. The smallest absolute Gasteiger partial charge is 0.0993 e. The summed E-state index contributed by atoms with van der Waals surface area (Å²) in [5, 5.41) is 3.60. The van der Waals surface area contributed by atoms with Crippen molar-refractivity contribution >= 4 is 11.7 Å². The van der Waals surface area contributed by atoms with E-state index in [0.29, 0.717) is 12.1 Å². The summed E-state index contributed by atoms with van der Waals surface area (Å²) in [6.07, 6.45) is 9.39. The Kier molecular flexibility index (Phi) is 7.73. The highest BCUT2D eigenvalue weighted by Crippen LogP contribution is 2.18. The summed E-state index contributed by atoms with van der Waals surface area (Å²) in [7, 11) is 0. The lowest BCUT2D eigenvalue weighted by molar-refractivity contribution is 0.394. The number of benzene rings is 1. The summed E-state index contributed by atoms with van der Waals surface area (Å²) in [4.78, 5) is 12.2. The van der Waals surface area contributed by atoms with Crippen molar-refractivity contribution in [3.8, 4) is 0 Å². The van der Waals surface area contributed by atoms with Gasteiger partial charge in [-0.1, -0.05) is 44.2 Å². The molecule has 0 saturated carbocycles. The molecule has 4 heteroatoms. The van der Waals surface area contributed by atoms with Gasteiger partial charge in [0.25, 0.3) is 0 Å². The number of amidine groups is 2. The molecule has 148 valence electrons. The van der Waals surface area contributed by atoms with Crippen LogP contribution in [0.1, 0.15) is 64.4 Å². The first kappa shape index (κ1) is 19.9. The van der Waals surface area contributed by atoms with Crippen LogP contribution in [-0.4, -0.2) is 48.3 Å². The van der Waals surface area contributed by atoms with Gasteiger partial charge in [-0.15, -0.1) is 0 Å². The van der Waals surface area contributed by atoms with Crippen molar-refractivity contribution in [3.05, 3.63) is 35.9 Å². The van der Waals surface area contributed by atoms with Crippen LogP contribution in [-0.2, 0) is 6.42 Å². The van der Waals surface area contributed by atoms with Crippen LogP contribution in [0, 0.1) is 0 Å². The second-order valence-electron chi connectivity index (χ2n) is 7.96. The molecule has 0 spiro atoms. The molecule has 27 heavy (non-hydrogen) atoms. The van der Waals surface area contributed by atoms with E-state index < -0.39 is 0 Å². The third kappa shape index (κ3) is 6.08. The van der Waals surface area contributed by atoms with Crippen LogP contribution >= 0.6 is 0 Å². The maximum absolute atomic E-state index is 5.05. The zero-order chi connectivity index (χ0) is 18.9. The van der Waals surface area contributed by atoms with Crippen LogP contribution in [0.2, 0.25) is 0 Å². The Hall–Kier alpha value is -1.84. The average molecular weight is 369 g/mol. The summed E-state index contributed by atoms with van der Waals surface area (Å²) in [6.45, 7) is 7.69. The van der Waals surface area contributed by atoms with Crippen LogP contribution in [0.25, 0.3) is 0 Å². The van der Waals surface area contributed by atoms with Crippen LogP contribution in [0.15, 0.2) is 40.3 Å². The Morgan fingerprint density at radius 2 is 1.89 bits per heavy atom. The topological polar surface area (TPSA) is 40.0 Å². The third-order valence-electron chi connectivity index (χ3n) is 5.51. The van der Waals surface area contributed by atoms with E-state index in [4.69, 9.17) is 4.99 Å². The van der Waals surface area contributed by atoms with Gasteiger partial charge in [0.2, 0.25) is 0 Å². The van der Waals surface area contributed by atoms with Gasteiger partial charge in [0.1, 0.15) is 0 Å². The van der Waals surface area contributed by atoms with E-state index in [-0.39, 0.29) is 0 Å². The molecule has 0 aromatic heterocycles. The third-order valence-corrected chi connectivity index (χ3v) is 5.51. The highest BCUT2D eigenvalue weighted by molar-refractivity contribution is 5.84. The van der Waals surface area contributed by atoms with Gasteiger partial charge in [0.15, 0.2) is 0 Å². The minimum atomic E-state index is 0.426. The van der Waals surface area contributed by atoms with Crippen LogP contribution in [0.3, 0.4) is 0 Å². The summed E-state index contributed by atoms with van der Waals surface area (Å²) >= 11 is 0. The van der Waals surface area contributed by atoms with E-state index in [0.717, 1.165) is 38.9 Å². The van der Waals surface area contributed by atoms with Gasteiger partial charge in [0.05, 0.1) is 24.3 Å². The van der Waals surface area contributed by atoms with Gasteiger partial charge in [-0.2, -0.15) is 0 Å². The highest BCUT2D eigenvalue weighted by Gasteiger charge is 2.24. The van der Waals surface area contributed by atoms with Crippen molar-refractivity contribution in [3.63, 3.8) is 0 Å². The molecular formula is C23H36N4. The lowest BCUT2D eigenvalue weighted by Crippen LogP contribution is -2.32. The molecule has 0 unspecified atom stereocenters. The van der Waals surface area contributed by atoms with Crippen molar-refractivity contribution in [1.82, 2.24) is 10.2 Å². The zero-order valence-electron chi connectivity index (χ0n) is 17.2. The van der Waals surface area contributed by atoms with Crippen molar-refractivity contribution in [1.29, 1.82) is 0 Å². The molecule has 0 radical (unpaired) electrons. The van der Waals surface area contributed by atoms with E-state index >= 15 is 0 Å². The van der Waals surface area contributed by atoms with Crippen LogP contribution in [0.4, 0.5) is 0 Å². The molecule has 2 aliphatic heterocycles. The largest absolute Gasteiger partial charge is 0.369 e. The maximum atomic E-state index is 5.05. The average Bonchev–Trinajstić information content (AvgIpc) is 3.27. The number of rotatable bonds is 11. The van der Waals surface area contributed by atoms with Gasteiger partial charge in [-0.05, 0) is 44.1 Å². The van der Waals surface area contributed by atoms with E-state index in [1.807, 2.05) is 0 Å². The number of hydrogen-bond acceptors (Lipinski definition) is 4. The number of unbranched alkanes of at least 4 members (excludes halogenated alkanes) is 1. The van der Waals surface area contributed by atoms with Crippen molar-refractivity contribution in [2.24, 2.45) is 9.98 Å². The lowest BCUT2D eigenvalue weighted by Gasteiger charge is -2.21. The molecule has 0 aliphatic carbocycles. The molecule has 2 heterocycles. The first-order valence-corrected chi connectivity index (χ1v) is 10.9. The Labute approximate surface area is 165 Å². The fourth-order valence-electron chi connectivity index (χ4n) is 4.15. The molecule has 1 aromatic carbocycles. The van der Waals surface area contributed by atoms with Gasteiger partial charge in [-0.25, -0.2) is 0 Å². The second-order valence-corrected chi connectivity index (χ2v) is 7.96. The SMILES string of the molecule is CCCC1=NC[C@H](CCCCN2C[C@H](Cc3ccccc3)N=C2CCC)N1. The number of nitrogens with one attached hydrogen (secondary N) is 1. The highest BCUT2D eigenvalue weighted by atomic mass is 15.2. The number of nitrogens with zero attached hydrogens (tertiary/aromatic N) is 3. The van der Waals surface area contributed by atoms with E-state index in [1.54, 1.807) is 0 Å². The van der Waals surface area contributed by atoms with Gasteiger partial charge < -0.3 is 10.2 Å². The Morgan fingerprint density at radius 1 is 1.07 bits per heavy atom. The molecule has 1 N–H and O–H groups in total. The Balaban J connectivity index is 1.39. The Bertz CT molecular complexity index is 623. The zero-order valence-corrected chi connectivity index (χ0v) is 17.2. The maximum Gasteiger partial charge on any atom is 0.0993 e. The summed E-state index contributed by atoms with van der Waals surface area (Å²) < 4.78 is 0. The summed E-state index contributed by atoms with van der Waals surface area (Å²) in [5.74, 6) is 2.56. The van der Waals surface area contributed by atoms with Crippen molar-refractivity contribution in [2.45, 2.75) is 77.3 Å². The first-order valence-electron chi connectivity index (χ1n) is 10.9. The quantitative estimate of drug-likeness (QED) is 0.586. The molecule has 0 bridgehead atoms. The number of hydrogen-bond donors (Lipinski definition) is 1. The second kappa shape index (κ2) is 10.5. The molecule has 2 aliphatic rings. The molecule has 1 aromatic rings. The van der Waals surface area contributed by atoms with Gasteiger partial charge in [0, 0.05) is 32.0 Å². The Morgan fingerprint density at radius 3 is 2.67 bits per heavy atom. The monoisotopic (exact) mass is 368 g/mol. The minimum Gasteiger partial charge on any atom is -0.369 e. The van der Waals surface area contributed by atoms with E-state index in [1.165, 1.54) is 49.3 Å². The summed E-state index contributed by atoms with van der Waals surface area (Å²) in [5.41, 5.74) is 1.40. The summed E-state index contributed by atoms with van der Waals surface area (Å²) in [6, 6.07) is 11.8. The standard InChI is InChI=1S/C23H36N4/c1-3-10-22-24-17-20(25-22)14-8-9-15-27-18-21(26-23(27)11-4-2)16-19-12-6-5-7-13-19/h5-7,12-13,20-21H,3-4,8-11,14-18H2,1-2H3,(H,24,25)/t20-,21-/m0/s1. The fraction of sp³-hybridized carbons (Fsp3) is 0.652. The number of aliphatic imine (C=N–C) groups is 2. The lowest BCUT2D eigenvalue weighted by atomic mass is 10.1. The van der Waals surface area contributed by atoms with Crippen molar-refractivity contribution in [2.75, 3.05) is 19.6 Å². The fourth-order valence-corrected chi connectivity index (χ4v) is 4.15. The van der Waals surface area contributed by atoms with Crippen molar-refractivity contribution < 1.29 is 0 Å². The molecule has 0 fully saturated rings. The molecule has 3 rings (SSSR count). The normalized spacial score (nSPS) is 21.9. The van der Waals surface area contributed by atoms with Crippen LogP contribution < -0.4 is 5.32 Å². The molecule has 0 amide bonds. The molecular weight excluding hydrogens is 332 g/mol. The minimum absolute atomic E-state index is 0.426. The predicted octanol–water partition coefficient (Wildman–Crippen LogP) is 4.45. The van der Waals surface area contributed by atoms with Gasteiger partial charge in [-0.3, -0.25) is 9.98 Å². The van der Waals surface area contributed by atoms with Gasteiger partial charge >= 0.3 is 0 Å². The molecule has 2 atom stereocenters. The van der Waals surface area contributed by atoms with E-state index in [9.17, 15) is 0 Å². The van der Waals surface area contributed by atoms with E-state index in [2.05, 4.69) is 59.4 Å². The molecule has 0 saturated heterocycles. The molecule has 4 nitrogen and oxygen atoms in total. The predicted molar refractivity (Wildman–Crippen MR) is 116 cm³/mol.